The van der Waals surface area contributed by atoms with E-state index < -0.39 is 10.8 Å². The van der Waals surface area contributed by atoms with Gasteiger partial charge in [0.05, 0.1) is 28.7 Å². The quantitative estimate of drug-likeness (QED) is 0.312. The maximum atomic E-state index is 12.9. The van der Waals surface area contributed by atoms with Crippen molar-refractivity contribution in [3.63, 3.8) is 0 Å². The third kappa shape index (κ3) is 4.30. The normalized spacial score (nSPS) is 13.7. The number of anilines is 2. The number of nitrogens with zero attached hydrogens (tertiary/aromatic N) is 3. The van der Waals surface area contributed by atoms with Crippen LogP contribution in [0.4, 0.5) is 17.1 Å². The molecule has 0 bridgehead atoms. The second kappa shape index (κ2) is 9.12. The number of fused-ring (bicyclic) bond motifs is 1. The lowest BCUT2D eigenvalue weighted by Crippen LogP contribution is -2.36. The Hall–Kier alpha value is -3.95. The first-order valence-corrected chi connectivity index (χ1v) is 11.0. The maximum Gasteiger partial charge on any atom is 0.293 e. The number of carbonyl (C=O) groups is 1. The van der Waals surface area contributed by atoms with E-state index >= 15 is 0 Å². The van der Waals surface area contributed by atoms with Gasteiger partial charge in [-0.15, -0.1) is 0 Å². The Labute approximate surface area is 199 Å². The van der Waals surface area contributed by atoms with Crippen LogP contribution in [0.2, 0.25) is 5.02 Å². The van der Waals surface area contributed by atoms with Crippen LogP contribution in [-0.4, -0.2) is 42.1 Å². The summed E-state index contributed by atoms with van der Waals surface area (Å²) in [5.41, 5.74) is 2.79. The van der Waals surface area contributed by atoms with Crippen LogP contribution in [0.5, 0.6) is 0 Å². The Kier molecular flexibility index (Phi) is 5.87. The molecule has 1 aliphatic heterocycles. The average molecular weight is 479 g/mol. The molecule has 172 valence electrons. The van der Waals surface area contributed by atoms with E-state index in [1.54, 1.807) is 36.4 Å². The number of hydrogen-bond donors (Lipinski definition) is 1. The monoisotopic (exact) mass is 478 g/mol. The molecule has 1 amide bonds. The molecule has 4 aromatic rings. The van der Waals surface area contributed by atoms with Gasteiger partial charge in [0.15, 0.2) is 5.58 Å². The minimum Gasteiger partial charge on any atom is -0.436 e. The molecule has 2 heterocycles. The van der Waals surface area contributed by atoms with E-state index in [4.69, 9.17) is 20.8 Å². The maximum absolute atomic E-state index is 12.9. The zero-order chi connectivity index (χ0) is 23.7. The summed E-state index contributed by atoms with van der Waals surface area (Å²) in [4.78, 5) is 30.5. The van der Waals surface area contributed by atoms with Crippen LogP contribution in [0.25, 0.3) is 22.6 Å². The fourth-order valence-corrected chi connectivity index (χ4v) is 4.04. The van der Waals surface area contributed by atoms with Gasteiger partial charge < -0.3 is 19.4 Å². The summed E-state index contributed by atoms with van der Waals surface area (Å²) in [7, 11) is 0. The van der Waals surface area contributed by atoms with E-state index in [0.717, 1.165) is 0 Å². The summed E-state index contributed by atoms with van der Waals surface area (Å²) >= 11 is 6.36. The highest BCUT2D eigenvalue weighted by atomic mass is 35.5. The van der Waals surface area contributed by atoms with Crippen molar-refractivity contribution >= 4 is 45.7 Å². The van der Waals surface area contributed by atoms with Gasteiger partial charge in [0, 0.05) is 30.4 Å². The smallest absolute Gasteiger partial charge is 0.293 e. The third-order valence-corrected chi connectivity index (χ3v) is 5.86. The predicted molar refractivity (Wildman–Crippen MR) is 129 cm³/mol. The molecule has 1 aromatic heterocycles. The molecule has 0 unspecified atom stereocenters. The highest BCUT2D eigenvalue weighted by molar-refractivity contribution is 6.33. The largest absolute Gasteiger partial charge is 0.436 e. The Morgan fingerprint density at radius 1 is 1.09 bits per heavy atom. The first-order chi connectivity index (χ1) is 16.5. The summed E-state index contributed by atoms with van der Waals surface area (Å²) in [5.74, 6) is -0.157. The van der Waals surface area contributed by atoms with Gasteiger partial charge in [-0.1, -0.05) is 23.7 Å². The fraction of sp³-hybridized carbons (Fsp3) is 0.167. The highest BCUT2D eigenvalue weighted by Crippen LogP contribution is 2.33. The lowest BCUT2D eigenvalue weighted by Gasteiger charge is -2.28. The Balaban J connectivity index is 1.41. The molecule has 0 radical (unpaired) electrons. The highest BCUT2D eigenvalue weighted by Gasteiger charge is 2.23. The molecule has 0 saturated carbocycles. The van der Waals surface area contributed by atoms with Gasteiger partial charge in [-0.25, -0.2) is 4.98 Å². The number of ether oxygens (including phenoxy) is 1. The molecule has 3 aromatic carbocycles. The number of hydrogen-bond acceptors (Lipinski definition) is 7. The number of rotatable bonds is 5. The van der Waals surface area contributed by atoms with E-state index in [1.807, 2.05) is 23.1 Å². The number of nitro benzene ring substituents is 1. The van der Waals surface area contributed by atoms with E-state index in [2.05, 4.69) is 10.3 Å². The van der Waals surface area contributed by atoms with Crippen molar-refractivity contribution in [1.82, 2.24) is 4.98 Å². The number of para-hydroxylation sites is 2. The number of amides is 1. The minimum absolute atomic E-state index is 0.127. The zero-order valence-corrected chi connectivity index (χ0v) is 18.6. The van der Waals surface area contributed by atoms with Crippen molar-refractivity contribution in [2.75, 3.05) is 36.5 Å². The van der Waals surface area contributed by atoms with Crippen LogP contribution in [0.15, 0.2) is 65.1 Å². The second-order valence-corrected chi connectivity index (χ2v) is 8.10. The van der Waals surface area contributed by atoms with Crippen LogP contribution in [0.3, 0.4) is 0 Å². The molecule has 0 atom stereocenters. The topological polar surface area (TPSA) is 111 Å². The lowest BCUT2D eigenvalue weighted by molar-refractivity contribution is -0.384. The standard InChI is InChI=1S/C24H19ClN4O5/c25-18-7-6-16(14-17(18)24-27-19-3-1-2-4-22(19)34-24)26-23(30)15-5-8-20(21(13-15)29(31)32)28-9-11-33-12-10-28/h1-8,13-14H,9-12H2,(H,26,30). The van der Waals surface area contributed by atoms with Gasteiger partial charge in [0.2, 0.25) is 5.89 Å². The molecule has 10 heteroatoms. The SMILES string of the molecule is O=C(Nc1ccc(Cl)c(-c2nc3ccccc3o2)c1)c1ccc(N2CCOCC2)c([N+](=O)[O-])c1. The number of oxazole rings is 1. The van der Waals surface area contributed by atoms with Crippen LogP contribution >= 0.6 is 11.6 Å². The Morgan fingerprint density at radius 3 is 2.65 bits per heavy atom. The van der Waals surface area contributed by atoms with Crippen LogP contribution < -0.4 is 10.2 Å². The summed E-state index contributed by atoms with van der Waals surface area (Å²) in [6, 6.07) is 16.7. The number of carbonyl (C=O) groups excluding carboxylic acids is 1. The van der Waals surface area contributed by atoms with Crippen molar-refractivity contribution in [3.05, 3.63) is 81.4 Å². The van der Waals surface area contributed by atoms with Gasteiger partial charge in [-0.3, -0.25) is 14.9 Å². The molecule has 1 N–H and O–H groups in total. The lowest BCUT2D eigenvalue weighted by atomic mass is 10.1. The predicted octanol–water partition coefficient (Wildman–Crippen LogP) is 5.15. The zero-order valence-electron chi connectivity index (χ0n) is 17.9. The number of halogens is 1. The Bertz CT molecular complexity index is 1360. The average Bonchev–Trinajstić information content (AvgIpc) is 3.29. The molecule has 1 saturated heterocycles. The number of morpholine rings is 1. The van der Waals surface area contributed by atoms with Crippen LogP contribution in [0, 0.1) is 10.1 Å². The molecule has 9 nitrogen and oxygen atoms in total. The first kappa shape index (κ1) is 21.9. The van der Waals surface area contributed by atoms with Crippen LogP contribution in [0.1, 0.15) is 10.4 Å². The number of benzene rings is 3. The van der Waals surface area contributed by atoms with Gasteiger partial charge in [-0.2, -0.15) is 0 Å². The fourth-order valence-electron chi connectivity index (χ4n) is 3.84. The summed E-state index contributed by atoms with van der Waals surface area (Å²) in [5, 5.41) is 14.9. The van der Waals surface area contributed by atoms with Crippen molar-refractivity contribution in [3.8, 4) is 11.5 Å². The molecule has 1 aliphatic rings. The van der Waals surface area contributed by atoms with Crippen molar-refractivity contribution < 1.29 is 18.9 Å². The molecule has 5 rings (SSSR count). The van der Waals surface area contributed by atoms with Crippen molar-refractivity contribution in [2.24, 2.45) is 0 Å². The second-order valence-electron chi connectivity index (χ2n) is 7.70. The summed E-state index contributed by atoms with van der Waals surface area (Å²) in [6.45, 7) is 2.10. The molecular formula is C24H19ClN4O5. The van der Waals surface area contributed by atoms with Gasteiger partial charge >= 0.3 is 0 Å². The molecule has 34 heavy (non-hydrogen) atoms. The molecular weight excluding hydrogens is 460 g/mol. The van der Waals surface area contributed by atoms with Gasteiger partial charge in [-0.05, 0) is 42.5 Å². The van der Waals surface area contributed by atoms with Gasteiger partial charge in [0.1, 0.15) is 11.2 Å². The minimum atomic E-state index is -0.484. The molecule has 0 aliphatic carbocycles. The number of nitrogens with one attached hydrogen (secondary N) is 1. The first-order valence-electron chi connectivity index (χ1n) is 10.6. The van der Waals surface area contributed by atoms with Crippen molar-refractivity contribution in [2.45, 2.75) is 0 Å². The number of aromatic nitrogens is 1. The molecule has 0 spiro atoms. The van der Waals surface area contributed by atoms with E-state index in [9.17, 15) is 14.9 Å². The molecule has 1 fully saturated rings. The summed E-state index contributed by atoms with van der Waals surface area (Å²) < 4.78 is 11.1. The van der Waals surface area contributed by atoms with Crippen molar-refractivity contribution in [1.29, 1.82) is 0 Å². The van der Waals surface area contributed by atoms with E-state index in [-0.39, 0.29) is 11.3 Å². The van der Waals surface area contributed by atoms with E-state index in [1.165, 1.54) is 6.07 Å². The van der Waals surface area contributed by atoms with Gasteiger partial charge in [0.25, 0.3) is 11.6 Å². The summed E-state index contributed by atoms with van der Waals surface area (Å²) in [6.07, 6.45) is 0. The van der Waals surface area contributed by atoms with Crippen LogP contribution in [-0.2, 0) is 4.74 Å². The third-order valence-electron chi connectivity index (χ3n) is 5.53. The number of nitro groups is 1. The van der Waals surface area contributed by atoms with E-state index in [0.29, 0.717) is 65.3 Å². The Morgan fingerprint density at radius 2 is 1.88 bits per heavy atom.